The van der Waals surface area contributed by atoms with Crippen molar-refractivity contribution in [3.8, 4) is 0 Å². The summed E-state index contributed by atoms with van der Waals surface area (Å²) in [5, 5.41) is 12.0. The maximum absolute atomic E-state index is 11.9. The fraction of sp³-hybridized carbons (Fsp3) is 0.368. The van der Waals surface area contributed by atoms with Gasteiger partial charge in [0.15, 0.2) is 5.96 Å². The Labute approximate surface area is 191 Å². The molecule has 0 atom stereocenters. The number of nitrogens with one attached hydrogen (secondary N) is 3. The maximum Gasteiger partial charge on any atom is 0.251 e. The summed E-state index contributed by atoms with van der Waals surface area (Å²) >= 11 is 1.63. The highest BCUT2D eigenvalue weighted by atomic mass is 127. The summed E-state index contributed by atoms with van der Waals surface area (Å²) in [4.78, 5) is 31.4. The molecule has 0 aliphatic carbocycles. The van der Waals surface area contributed by atoms with E-state index in [2.05, 4.69) is 45.2 Å². The average molecular weight is 530 g/mol. The number of guanidine groups is 1. The van der Waals surface area contributed by atoms with Crippen LogP contribution in [0.1, 0.15) is 46.4 Å². The number of thiazole rings is 1. The number of halogens is 1. The number of carbonyl (C=O) groups excluding carboxylic acids is 2. The number of nitrogens with zero attached hydrogens (tertiary/aromatic N) is 2. The predicted molar refractivity (Wildman–Crippen MR) is 127 cm³/mol. The molecule has 0 unspecified atom stereocenters. The molecule has 1 heterocycles. The Hall–Kier alpha value is -2.21. The lowest BCUT2D eigenvalue weighted by atomic mass is 10.1. The van der Waals surface area contributed by atoms with Crippen LogP contribution >= 0.6 is 35.3 Å². The van der Waals surface area contributed by atoms with Gasteiger partial charge >= 0.3 is 0 Å². The largest absolute Gasteiger partial charge is 0.368 e. The van der Waals surface area contributed by atoms with E-state index in [1.807, 2.05) is 12.1 Å². The highest BCUT2D eigenvalue weighted by Crippen LogP contribution is 2.17. The van der Waals surface area contributed by atoms with Gasteiger partial charge in [0.25, 0.3) is 5.91 Å². The van der Waals surface area contributed by atoms with Gasteiger partial charge in [-0.15, -0.1) is 35.3 Å². The second-order valence-corrected chi connectivity index (χ2v) is 7.39. The smallest absolute Gasteiger partial charge is 0.251 e. The predicted octanol–water partition coefficient (Wildman–Crippen LogP) is 1.96. The van der Waals surface area contributed by atoms with E-state index in [1.165, 1.54) is 0 Å². The van der Waals surface area contributed by atoms with Gasteiger partial charge in [-0.3, -0.25) is 14.6 Å². The topological polar surface area (TPSA) is 122 Å². The molecule has 2 amide bonds. The maximum atomic E-state index is 11.9. The first kappa shape index (κ1) is 24.8. The minimum atomic E-state index is -0.578. The van der Waals surface area contributed by atoms with Gasteiger partial charge in [0.1, 0.15) is 5.01 Å². The number of hydrogen-bond acceptors (Lipinski definition) is 5. The number of aliphatic imine (C=N–C) groups is 1. The molecule has 8 nitrogen and oxygen atoms in total. The van der Waals surface area contributed by atoms with E-state index in [0.717, 1.165) is 16.3 Å². The highest BCUT2D eigenvalue weighted by Gasteiger charge is 2.08. The van der Waals surface area contributed by atoms with E-state index in [9.17, 15) is 9.59 Å². The zero-order valence-electron chi connectivity index (χ0n) is 16.7. The molecule has 29 heavy (non-hydrogen) atoms. The fourth-order valence-corrected chi connectivity index (χ4v) is 3.18. The number of benzene rings is 1. The van der Waals surface area contributed by atoms with E-state index in [1.54, 1.807) is 30.5 Å². The Morgan fingerprint density at radius 3 is 2.34 bits per heavy atom. The van der Waals surface area contributed by atoms with Gasteiger partial charge in [-0.25, -0.2) is 4.98 Å². The summed E-state index contributed by atoms with van der Waals surface area (Å²) in [6, 6.07) is 7.09. The number of nitrogens with two attached hydrogens (primary N) is 1. The van der Waals surface area contributed by atoms with Gasteiger partial charge in [-0.2, -0.15) is 0 Å². The van der Waals surface area contributed by atoms with Crippen LogP contribution in [0, 0.1) is 0 Å². The van der Waals surface area contributed by atoms with Crippen molar-refractivity contribution in [2.45, 2.75) is 32.9 Å². The van der Waals surface area contributed by atoms with E-state index < -0.39 is 5.91 Å². The zero-order chi connectivity index (χ0) is 20.5. The van der Waals surface area contributed by atoms with E-state index in [4.69, 9.17) is 5.73 Å². The first-order valence-electron chi connectivity index (χ1n) is 8.93. The zero-order valence-corrected chi connectivity index (χ0v) is 19.8. The van der Waals surface area contributed by atoms with Crippen LogP contribution in [0.25, 0.3) is 0 Å². The summed E-state index contributed by atoms with van der Waals surface area (Å²) in [5.41, 5.74) is 7.58. The third-order valence-electron chi connectivity index (χ3n) is 3.89. The van der Waals surface area contributed by atoms with Gasteiger partial charge in [-0.05, 0) is 23.6 Å². The van der Waals surface area contributed by atoms with E-state index in [0.29, 0.717) is 30.5 Å². The summed E-state index contributed by atoms with van der Waals surface area (Å²) in [7, 11) is 1.71. The molecule has 5 N–H and O–H groups in total. The Kier molecular flexibility index (Phi) is 10.6. The van der Waals surface area contributed by atoms with Gasteiger partial charge < -0.3 is 21.7 Å². The van der Waals surface area contributed by atoms with Crippen LogP contribution < -0.4 is 21.7 Å². The molecule has 2 aromatic rings. The molecule has 1 aromatic carbocycles. The van der Waals surface area contributed by atoms with Crippen LogP contribution in [0.4, 0.5) is 0 Å². The van der Waals surface area contributed by atoms with E-state index >= 15 is 0 Å². The van der Waals surface area contributed by atoms with E-state index in [-0.39, 0.29) is 36.4 Å². The number of amides is 2. The molecule has 0 radical (unpaired) electrons. The lowest BCUT2D eigenvalue weighted by molar-refractivity contribution is -0.117. The highest BCUT2D eigenvalue weighted by molar-refractivity contribution is 14.0. The summed E-state index contributed by atoms with van der Waals surface area (Å²) in [6.07, 6.45) is 0. The van der Waals surface area contributed by atoms with Crippen molar-refractivity contribution in [1.82, 2.24) is 20.9 Å². The fourth-order valence-electron chi connectivity index (χ4n) is 2.28. The molecule has 158 valence electrons. The van der Waals surface area contributed by atoms with Gasteiger partial charge in [-0.1, -0.05) is 26.0 Å². The SMILES string of the molecule is CN=C(NCc1ccc(C(=O)NCC(N)=O)cc1)NCc1nc(C(C)C)cs1.I. The van der Waals surface area contributed by atoms with Crippen molar-refractivity contribution in [1.29, 1.82) is 0 Å². The number of aromatic nitrogens is 1. The standard InChI is InChI=1S/C19H26N6O2S.HI/c1-12(2)15-11-28-17(25-15)10-24-19(21-3)23-8-13-4-6-14(7-5-13)18(27)22-9-16(20)26;/h4-7,11-12H,8-10H2,1-3H3,(H2,20,26)(H,22,27)(H2,21,23,24);1H. The van der Waals surface area contributed by atoms with Crippen molar-refractivity contribution in [2.75, 3.05) is 13.6 Å². The van der Waals surface area contributed by atoms with Crippen molar-refractivity contribution < 1.29 is 9.59 Å². The Morgan fingerprint density at radius 1 is 1.14 bits per heavy atom. The lowest BCUT2D eigenvalue weighted by Crippen LogP contribution is -2.36. The Balaban J connectivity index is 0.00000420. The summed E-state index contributed by atoms with van der Waals surface area (Å²) in [5.74, 6) is 0.180. The van der Waals surface area contributed by atoms with Gasteiger partial charge in [0, 0.05) is 24.5 Å². The quantitative estimate of drug-likeness (QED) is 0.236. The number of primary amides is 1. The van der Waals surface area contributed by atoms with Crippen molar-refractivity contribution >= 4 is 53.1 Å². The first-order valence-corrected chi connectivity index (χ1v) is 9.81. The minimum absolute atomic E-state index is 0. The van der Waals surface area contributed by atoms with Crippen LogP contribution in [0.3, 0.4) is 0 Å². The van der Waals surface area contributed by atoms with Crippen molar-refractivity contribution in [3.63, 3.8) is 0 Å². The number of carbonyl (C=O) groups is 2. The molecule has 0 bridgehead atoms. The first-order chi connectivity index (χ1) is 13.4. The molecule has 0 spiro atoms. The monoisotopic (exact) mass is 530 g/mol. The number of hydrogen-bond donors (Lipinski definition) is 4. The molecule has 0 aliphatic heterocycles. The molecular formula is C19H27IN6O2S. The molecule has 0 aliphatic rings. The number of rotatable bonds is 8. The second-order valence-electron chi connectivity index (χ2n) is 6.45. The van der Waals surface area contributed by atoms with Gasteiger partial charge in [0.05, 0.1) is 18.8 Å². The lowest BCUT2D eigenvalue weighted by Gasteiger charge is -2.11. The minimum Gasteiger partial charge on any atom is -0.368 e. The molecular weight excluding hydrogens is 503 g/mol. The molecule has 1 aromatic heterocycles. The third-order valence-corrected chi connectivity index (χ3v) is 4.76. The van der Waals surface area contributed by atoms with Gasteiger partial charge in [0.2, 0.25) is 5.91 Å². The molecule has 2 rings (SSSR count). The van der Waals surface area contributed by atoms with Crippen LogP contribution in [0.15, 0.2) is 34.6 Å². The molecule has 0 saturated heterocycles. The van der Waals surface area contributed by atoms with Crippen LogP contribution in [0.2, 0.25) is 0 Å². The van der Waals surface area contributed by atoms with Crippen molar-refractivity contribution in [3.05, 3.63) is 51.5 Å². The van der Waals surface area contributed by atoms with Crippen LogP contribution in [0.5, 0.6) is 0 Å². The normalized spacial score (nSPS) is 11.0. The average Bonchev–Trinajstić information content (AvgIpc) is 3.16. The summed E-state index contributed by atoms with van der Waals surface area (Å²) in [6.45, 7) is 5.23. The van der Waals surface area contributed by atoms with Crippen molar-refractivity contribution in [2.24, 2.45) is 10.7 Å². The Morgan fingerprint density at radius 2 is 1.79 bits per heavy atom. The van der Waals surface area contributed by atoms with Crippen LogP contribution in [-0.2, 0) is 17.9 Å². The third kappa shape index (κ3) is 8.36. The Bertz CT molecular complexity index is 835. The molecule has 10 heteroatoms. The van der Waals surface area contributed by atoms with Crippen LogP contribution in [-0.4, -0.2) is 36.4 Å². The molecule has 0 saturated carbocycles. The second kappa shape index (κ2) is 12.4. The molecule has 0 fully saturated rings. The summed E-state index contributed by atoms with van der Waals surface area (Å²) < 4.78 is 0.